The second kappa shape index (κ2) is 15.8. The molecule has 0 spiro atoms. The number of rotatable bonds is 8. The predicted octanol–water partition coefficient (Wildman–Crippen LogP) is 9.68. The summed E-state index contributed by atoms with van der Waals surface area (Å²) < 4.78 is 5.61. The van der Waals surface area contributed by atoms with Crippen LogP contribution in [0.1, 0.15) is 110 Å². The minimum Gasteiger partial charge on any atom is -0.461 e. The highest BCUT2D eigenvalue weighted by atomic mass is 16.3. The average molecular weight is 725 g/mol. The zero-order chi connectivity index (χ0) is 37.9. The van der Waals surface area contributed by atoms with Gasteiger partial charge in [0.2, 0.25) is 5.78 Å². The molecule has 54 heavy (non-hydrogen) atoms. The van der Waals surface area contributed by atoms with Gasteiger partial charge < -0.3 is 24.8 Å². The van der Waals surface area contributed by atoms with Crippen molar-refractivity contribution >= 4 is 22.6 Å². The monoisotopic (exact) mass is 724 g/mol. The predicted molar refractivity (Wildman–Crippen MR) is 213 cm³/mol. The van der Waals surface area contributed by atoms with Crippen LogP contribution >= 0.6 is 0 Å². The van der Waals surface area contributed by atoms with Crippen molar-refractivity contribution in [2.45, 2.75) is 95.9 Å². The number of hydrogen-bond acceptors (Lipinski definition) is 5. The molecule has 3 aliphatic rings. The summed E-state index contributed by atoms with van der Waals surface area (Å²) in [4.78, 5) is 30.4. The Kier molecular flexibility index (Phi) is 10.9. The number of amides is 2. The molecule has 0 aliphatic heterocycles. The number of aliphatic hydroxyl groups excluding tert-OH is 1. The lowest BCUT2D eigenvalue weighted by Gasteiger charge is -2.46. The van der Waals surface area contributed by atoms with Crippen LogP contribution in [-0.2, 0) is 13.0 Å². The fraction of sp³-hybridized carbons (Fsp3) is 0.362. The Morgan fingerprint density at radius 3 is 2.52 bits per heavy atom. The molecule has 1 saturated carbocycles. The first-order chi connectivity index (χ1) is 26.0. The number of nitrogens with zero attached hydrogens (tertiary/aromatic N) is 1. The standard InChI is InChI=1S/C47H52N2O5/c1-32-12-10-25-46(3)42(40-23-21-34(28-38(50)22-20-32)29-41(40)44(51)43-19-11-27-54-43)24-26-47(46,53)31-49(45(52)48-33(2)35-13-5-4-6-14-35)30-37-17-9-16-36-15-7-8-18-39(36)37/h4-9,11-19,21,23,27,29,33,38,42,50,53H,10,20,22,24-26,28,30-31H2,1-3H3,(H,48,52)/t33-,38+,42+,46+,47-/m1/s1. The zero-order valence-corrected chi connectivity index (χ0v) is 31.6. The second-order valence-corrected chi connectivity index (χ2v) is 15.8. The number of aliphatic hydroxyl groups is 2. The van der Waals surface area contributed by atoms with Gasteiger partial charge >= 0.3 is 6.03 Å². The number of hydrogen-bond donors (Lipinski definition) is 3. The number of carbonyl (C=O) groups excluding carboxylic acids is 2. The van der Waals surface area contributed by atoms with E-state index >= 15 is 0 Å². The van der Waals surface area contributed by atoms with E-state index in [1.807, 2.05) is 73.7 Å². The Balaban J connectivity index is 1.29. The van der Waals surface area contributed by atoms with Crippen LogP contribution in [0.3, 0.4) is 0 Å². The van der Waals surface area contributed by atoms with Crippen LogP contribution in [0.15, 0.2) is 125 Å². The molecule has 0 radical (unpaired) electrons. The molecule has 1 aromatic heterocycles. The molecule has 7 heteroatoms. The normalized spacial score (nSPS) is 23.6. The topological polar surface area (TPSA) is 103 Å². The van der Waals surface area contributed by atoms with Gasteiger partial charge in [0.25, 0.3) is 0 Å². The van der Waals surface area contributed by atoms with Gasteiger partial charge in [-0.2, -0.15) is 0 Å². The van der Waals surface area contributed by atoms with E-state index in [0.717, 1.165) is 45.9 Å². The van der Waals surface area contributed by atoms with Gasteiger partial charge in [-0.3, -0.25) is 4.79 Å². The Hall–Kier alpha value is -4.98. The first kappa shape index (κ1) is 37.3. The zero-order valence-electron chi connectivity index (χ0n) is 31.6. The van der Waals surface area contributed by atoms with E-state index in [9.17, 15) is 19.8 Å². The van der Waals surface area contributed by atoms with Crippen molar-refractivity contribution in [1.29, 1.82) is 0 Å². The lowest BCUT2D eigenvalue weighted by molar-refractivity contribution is -0.0780. The van der Waals surface area contributed by atoms with E-state index in [-0.39, 0.29) is 36.1 Å². The molecule has 280 valence electrons. The summed E-state index contributed by atoms with van der Waals surface area (Å²) in [7, 11) is 0. The lowest BCUT2D eigenvalue weighted by atomic mass is 9.64. The van der Waals surface area contributed by atoms with Crippen molar-refractivity contribution in [2.24, 2.45) is 5.41 Å². The van der Waals surface area contributed by atoms with Crippen molar-refractivity contribution < 1.29 is 24.2 Å². The van der Waals surface area contributed by atoms with Gasteiger partial charge in [-0.1, -0.05) is 104 Å². The maximum absolute atomic E-state index is 14.5. The third-order valence-electron chi connectivity index (χ3n) is 12.3. The van der Waals surface area contributed by atoms with Gasteiger partial charge in [0.1, 0.15) is 0 Å². The molecular weight excluding hydrogens is 673 g/mol. The van der Waals surface area contributed by atoms with E-state index in [0.29, 0.717) is 44.2 Å². The second-order valence-electron chi connectivity index (χ2n) is 15.8. The molecule has 0 unspecified atom stereocenters. The molecule has 8 rings (SSSR count). The van der Waals surface area contributed by atoms with E-state index in [1.165, 1.54) is 11.8 Å². The van der Waals surface area contributed by atoms with Gasteiger partial charge in [0, 0.05) is 17.5 Å². The summed E-state index contributed by atoms with van der Waals surface area (Å²) in [5, 5.41) is 29.6. The highest BCUT2D eigenvalue weighted by Crippen LogP contribution is 2.59. The fourth-order valence-corrected chi connectivity index (χ4v) is 8.99. The Morgan fingerprint density at radius 1 is 0.944 bits per heavy atom. The number of benzene rings is 4. The minimum absolute atomic E-state index is 0.116. The molecule has 3 N–H and O–H groups in total. The van der Waals surface area contributed by atoms with Gasteiger partial charge in [-0.25, -0.2) is 4.79 Å². The number of carbonyl (C=O) groups is 2. The molecule has 7 nitrogen and oxygen atoms in total. The Morgan fingerprint density at radius 2 is 1.72 bits per heavy atom. The van der Waals surface area contributed by atoms with Crippen molar-refractivity contribution in [2.75, 3.05) is 6.54 Å². The maximum Gasteiger partial charge on any atom is 0.318 e. The van der Waals surface area contributed by atoms with Crippen molar-refractivity contribution in [3.8, 4) is 0 Å². The van der Waals surface area contributed by atoms with Crippen molar-refractivity contribution in [3.05, 3.63) is 155 Å². The number of nitrogens with one attached hydrogen (secondary N) is 1. The number of fused-ring (bicyclic) bond motifs is 9. The smallest absolute Gasteiger partial charge is 0.318 e. The third kappa shape index (κ3) is 7.66. The number of ketones is 1. The highest BCUT2D eigenvalue weighted by Gasteiger charge is 2.57. The Bertz CT molecular complexity index is 2120. The molecule has 2 bridgehead atoms. The van der Waals surface area contributed by atoms with E-state index in [4.69, 9.17) is 4.42 Å². The van der Waals surface area contributed by atoms with E-state index in [2.05, 4.69) is 49.5 Å². The van der Waals surface area contributed by atoms with Crippen LogP contribution in [-0.4, -0.2) is 45.2 Å². The van der Waals surface area contributed by atoms with Gasteiger partial charge in [-0.05, 0) is 116 Å². The van der Waals surface area contributed by atoms with Crippen molar-refractivity contribution in [1.82, 2.24) is 10.2 Å². The van der Waals surface area contributed by atoms with Crippen LogP contribution in [0, 0.1) is 5.41 Å². The summed E-state index contributed by atoms with van der Waals surface area (Å²) in [5.41, 5.74) is 3.52. The minimum atomic E-state index is -1.28. The quantitative estimate of drug-likeness (QED) is 0.109. The summed E-state index contributed by atoms with van der Waals surface area (Å²) in [6.45, 7) is 6.68. The molecule has 4 aromatic carbocycles. The van der Waals surface area contributed by atoms with E-state index in [1.54, 1.807) is 17.0 Å². The van der Waals surface area contributed by atoms with Crippen LogP contribution < -0.4 is 5.32 Å². The Labute approximate surface area is 318 Å². The maximum atomic E-state index is 14.5. The lowest BCUT2D eigenvalue weighted by Crippen LogP contribution is -2.55. The molecule has 5 aromatic rings. The summed E-state index contributed by atoms with van der Waals surface area (Å²) in [5.74, 6) is -0.134. The molecule has 3 aliphatic carbocycles. The van der Waals surface area contributed by atoms with Crippen LogP contribution in [0.25, 0.3) is 10.8 Å². The molecule has 5 atom stereocenters. The van der Waals surface area contributed by atoms with Crippen LogP contribution in [0.2, 0.25) is 0 Å². The fourth-order valence-electron chi connectivity index (χ4n) is 8.99. The highest BCUT2D eigenvalue weighted by molar-refractivity contribution is 6.08. The van der Waals surface area contributed by atoms with Crippen LogP contribution in [0.5, 0.6) is 0 Å². The van der Waals surface area contributed by atoms with Gasteiger partial charge in [0.15, 0.2) is 5.76 Å². The summed E-state index contributed by atoms with van der Waals surface area (Å²) in [6.07, 6.45) is 7.50. The van der Waals surface area contributed by atoms with E-state index < -0.39 is 17.1 Å². The van der Waals surface area contributed by atoms with Gasteiger partial charge in [-0.15, -0.1) is 0 Å². The summed E-state index contributed by atoms with van der Waals surface area (Å²) >= 11 is 0. The number of allylic oxidation sites excluding steroid dienone is 2. The third-order valence-corrected chi connectivity index (χ3v) is 12.3. The first-order valence-electron chi connectivity index (χ1n) is 19.4. The molecular formula is C47H52N2O5. The first-order valence-corrected chi connectivity index (χ1v) is 19.4. The largest absolute Gasteiger partial charge is 0.461 e. The SMILES string of the molecule is CC1=CCC[C@@]2(C)[C@@H](CC[C@@]2(O)CN(Cc2cccc3ccccc23)C(=O)N[C@H](C)c2ccccc2)c2ccc(cc2C(=O)c2ccco2)C[C@@H](O)CC1. The molecule has 1 heterocycles. The van der Waals surface area contributed by atoms with Crippen molar-refractivity contribution in [3.63, 3.8) is 0 Å². The summed E-state index contributed by atoms with van der Waals surface area (Å²) in [6, 6.07) is 33.2. The van der Waals surface area contributed by atoms with Gasteiger partial charge in [0.05, 0.1) is 30.6 Å². The van der Waals surface area contributed by atoms with Crippen LogP contribution in [0.4, 0.5) is 4.79 Å². The number of urea groups is 1. The molecule has 2 amide bonds. The number of furan rings is 1. The molecule has 0 saturated heterocycles. The average Bonchev–Trinajstić information content (AvgIpc) is 3.80. The molecule has 1 fully saturated rings.